The van der Waals surface area contributed by atoms with Gasteiger partial charge in [-0.25, -0.2) is 0 Å². The van der Waals surface area contributed by atoms with Crippen molar-refractivity contribution in [1.82, 2.24) is 0 Å². The summed E-state index contributed by atoms with van der Waals surface area (Å²) in [4.78, 5) is 0. The van der Waals surface area contributed by atoms with Crippen molar-refractivity contribution < 1.29 is 14.7 Å². The number of ether oxygens (including phenoxy) is 2. The molecule has 0 fully saturated rings. The Balaban J connectivity index is 2.93. The minimum atomic E-state index is 0.155. The molecular formula is C10H14N2O3. The molecule has 0 unspecified atom stereocenters. The second-order valence-electron chi connectivity index (χ2n) is 2.96. The van der Waals surface area contributed by atoms with Crippen LogP contribution >= 0.6 is 0 Å². The van der Waals surface area contributed by atoms with Crippen LogP contribution in [0.1, 0.15) is 5.56 Å². The topological polar surface area (TPSA) is 77.1 Å². The average molecular weight is 210 g/mol. The zero-order chi connectivity index (χ0) is 11.3. The normalized spacial score (nSPS) is 11.2. The maximum Gasteiger partial charge on any atom is 0.161 e. The highest BCUT2D eigenvalue weighted by Crippen LogP contribution is 2.27. The summed E-state index contributed by atoms with van der Waals surface area (Å²) in [6.45, 7) is 0. The molecule has 0 bridgehead atoms. The van der Waals surface area contributed by atoms with Crippen molar-refractivity contribution in [3.05, 3.63) is 23.8 Å². The van der Waals surface area contributed by atoms with E-state index in [1.807, 2.05) is 6.07 Å². The molecule has 5 heteroatoms. The molecule has 1 aromatic rings. The average Bonchev–Trinajstić information content (AvgIpc) is 2.28. The lowest BCUT2D eigenvalue weighted by Crippen LogP contribution is -2.14. The van der Waals surface area contributed by atoms with E-state index in [1.165, 1.54) is 0 Å². The van der Waals surface area contributed by atoms with Crippen molar-refractivity contribution in [2.24, 2.45) is 10.9 Å². The molecule has 82 valence electrons. The molecule has 5 nitrogen and oxygen atoms in total. The van der Waals surface area contributed by atoms with Crippen molar-refractivity contribution in [2.75, 3.05) is 14.2 Å². The van der Waals surface area contributed by atoms with Gasteiger partial charge < -0.3 is 20.4 Å². The summed E-state index contributed by atoms with van der Waals surface area (Å²) < 4.78 is 10.2. The van der Waals surface area contributed by atoms with Crippen LogP contribution in [0.3, 0.4) is 0 Å². The van der Waals surface area contributed by atoms with E-state index in [1.54, 1.807) is 26.4 Å². The SMILES string of the molecule is COc1ccc(C/C(N)=N\O)cc1OC. The quantitative estimate of drug-likeness (QED) is 0.336. The standard InChI is InChI=1S/C10H14N2O3/c1-14-8-4-3-7(5-9(8)15-2)6-10(11)12-13/h3-5,13H,6H2,1-2H3,(H2,11,12). The number of methoxy groups -OCH3 is 2. The Morgan fingerprint density at radius 3 is 2.53 bits per heavy atom. The molecule has 1 rings (SSSR count). The second-order valence-corrected chi connectivity index (χ2v) is 2.96. The summed E-state index contributed by atoms with van der Waals surface area (Å²) in [6.07, 6.45) is 0.372. The van der Waals surface area contributed by atoms with Crippen LogP contribution in [0.4, 0.5) is 0 Å². The van der Waals surface area contributed by atoms with Crippen LogP contribution in [0.5, 0.6) is 11.5 Å². The smallest absolute Gasteiger partial charge is 0.161 e. The van der Waals surface area contributed by atoms with Gasteiger partial charge in [-0.15, -0.1) is 0 Å². The summed E-state index contributed by atoms with van der Waals surface area (Å²) in [5.74, 6) is 1.43. The predicted molar refractivity (Wildman–Crippen MR) is 56.7 cm³/mol. The molecule has 0 aromatic heterocycles. The van der Waals surface area contributed by atoms with Crippen molar-refractivity contribution >= 4 is 5.84 Å². The van der Waals surface area contributed by atoms with Gasteiger partial charge in [-0.3, -0.25) is 0 Å². The van der Waals surface area contributed by atoms with Gasteiger partial charge in [0.05, 0.1) is 14.2 Å². The molecule has 0 aliphatic heterocycles. The first-order valence-electron chi connectivity index (χ1n) is 4.38. The summed E-state index contributed by atoms with van der Waals surface area (Å²) in [5.41, 5.74) is 6.29. The maximum atomic E-state index is 8.43. The highest BCUT2D eigenvalue weighted by Gasteiger charge is 2.05. The molecule has 0 heterocycles. The van der Waals surface area contributed by atoms with Gasteiger partial charge >= 0.3 is 0 Å². The molecule has 0 saturated carbocycles. The third-order valence-corrected chi connectivity index (χ3v) is 1.96. The number of amidine groups is 1. The molecule has 15 heavy (non-hydrogen) atoms. The van der Waals surface area contributed by atoms with Gasteiger partial charge in [0.25, 0.3) is 0 Å². The summed E-state index contributed by atoms with van der Waals surface area (Å²) in [6, 6.07) is 5.40. The van der Waals surface area contributed by atoms with Crippen LogP contribution in [0, 0.1) is 0 Å². The number of hydrogen-bond acceptors (Lipinski definition) is 4. The molecule has 1 aromatic carbocycles. The highest BCUT2D eigenvalue weighted by molar-refractivity contribution is 5.82. The Morgan fingerprint density at radius 2 is 2.00 bits per heavy atom. The van der Waals surface area contributed by atoms with Gasteiger partial charge in [0.15, 0.2) is 11.5 Å². The fraction of sp³-hybridized carbons (Fsp3) is 0.300. The zero-order valence-electron chi connectivity index (χ0n) is 8.73. The van der Waals surface area contributed by atoms with Crippen molar-refractivity contribution in [1.29, 1.82) is 0 Å². The lowest BCUT2D eigenvalue weighted by atomic mass is 10.1. The number of benzene rings is 1. The number of oxime groups is 1. The third kappa shape index (κ3) is 2.77. The first-order chi connectivity index (χ1) is 7.21. The molecule has 0 saturated heterocycles. The zero-order valence-corrected chi connectivity index (χ0v) is 8.73. The number of hydrogen-bond donors (Lipinski definition) is 2. The van der Waals surface area contributed by atoms with E-state index in [9.17, 15) is 0 Å². The third-order valence-electron chi connectivity index (χ3n) is 1.96. The largest absolute Gasteiger partial charge is 0.493 e. The molecule has 0 aliphatic rings. The van der Waals surface area contributed by atoms with Crippen LogP contribution < -0.4 is 15.2 Å². The van der Waals surface area contributed by atoms with Gasteiger partial charge in [0, 0.05) is 6.42 Å². The minimum Gasteiger partial charge on any atom is -0.493 e. The van der Waals surface area contributed by atoms with Gasteiger partial charge in [0.1, 0.15) is 5.84 Å². The molecule has 0 radical (unpaired) electrons. The fourth-order valence-electron chi connectivity index (χ4n) is 1.24. The Bertz CT molecular complexity index is 364. The minimum absolute atomic E-state index is 0.155. The summed E-state index contributed by atoms with van der Waals surface area (Å²) >= 11 is 0. The van der Waals surface area contributed by atoms with E-state index in [2.05, 4.69) is 5.16 Å². The van der Waals surface area contributed by atoms with E-state index < -0.39 is 0 Å². The van der Waals surface area contributed by atoms with Crippen LogP contribution in [0.2, 0.25) is 0 Å². The van der Waals surface area contributed by atoms with E-state index in [-0.39, 0.29) is 5.84 Å². The summed E-state index contributed by atoms with van der Waals surface area (Å²) in [7, 11) is 3.13. The highest BCUT2D eigenvalue weighted by atomic mass is 16.5. The molecule has 0 atom stereocenters. The Labute approximate surface area is 88.1 Å². The van der Waals surface area contributed by atoms with Gasteiger partial charge in [-0.2, -0.15) is 0 Å². The second kappa shape index (κ2) is 5.09. The molecule has 0 spiro atoms. The summed E-state index contributed by atoms with van der Waals surface area (Å²) in [5, 5.41) is 11.3. The van der Waals surface area contributed by atoms with Crippen LogP contribution in [-0.2, 0) is 6.42 Å². The molecular weight excluding hydrogens is 196 g/mol. The lowest BCUT2D eigenvalue weighted by molar-refractivity contribution is 0.317. The van der Waals surface area contributed by atoms with Crippen molar-refractivity contribution in [3.8, 4) is 11.5 Å². The fourth-order valence-corrected chi connectivity index (χ4v) is 1.24. The van der Waals surface area contributed by atoms with E-state index in [0.29, 0.717) is 17.9 Å². The number of nitrogens with two attached hydrogens (primary N) is 1. The first-order valence-corrected chi connectivity index (χ1v) is 4.38. The first kappa shape index (κ1) is 11.2. The van der Waals surface area contributed by atoms with E-state index >= 15 is 0 Å². The lowest BCUT2D eigenvalue weighted by Gasteiger charge is -2.08. The monoisotopic (exact) mass is 210 g/mol. The Kier molecular flexibility index (Phi) is 3.79. The predicted octanol–water partition coefficient (Wildman–Crippen LogP) is 0.993. The molecule has 3 N–H and O–H groups in total. The Morgan fingerprint density at radius 1 is 1.33 bits per heavy atom. The van der Waals surface area contributed by atoms with Crippen LogP contribution in [0.25, 0.3) is 0 Å². The van der Waals surface area contributed by atoms with Gasteiger partial charge in [0.2, 0.25) is 0 Å². The van der Waals surface area contributed by atoms with Crippen LogP contribution in [0.15, 0.2) is 23.4 Å². The van der Waals surface area contributed by atoms with Crippen molar-refractivity contribution in [3.63, 3.8) is 0 Å². The van der Waals surface area contributed by atoms with Gasteiger partial charge in [-0.1, -0.05) is 11.2 Å². The molecule has 0 aliphatic carbocycles. The van der Waals surface area contributed by atoms with E-state index in [4.69, 9.17) is 20.4 Å². The number of rotatable bonds is 4. The van der Waals surface area contributed by atoms with E-state index in [0.717, 1.165) is 5.56 Å². The van der Waals surface area contributed by atoms with Gasteiger partial charge in [-0.05, 0) is 17.7 Å². The van der Waals surface area contributed by atoms with Crippen molar-refractivity contribution in [2.45, 2.75) is 6.42 Å². The molecule has 0 amide bonds. The number of nitrogens with zero attached hydrogens (tertiary/aromatic N) is 1. The Hall–Kier alpha value is -1.91. The van der Waals surface area contributed by atoms with Crippen LogP contribution in [-0.4, -0.2) is 25.3 Å². The maximum absolute atomic E-state index is 8.43.